The number of aliphatic carboxylic acids is 1. The summed E-state index contributed by atoms with van der Waals surface area (Å²) < 4.78 is 0. The first-order chi connectivity index (χ1) is 15.8. The van der Waals surface area contributed by atoms with Crippen molar-refractivity contribution in [3.05, 3.63) is 28.8 Å². The van der Waals surface area contributed by atoms with Gasteiger partial charge in [-0.15, -0.1) is 0 Å². The van der Waals surface area contributed by atoms with Crippen molar-refractivity contribution < 1.29 is 24.3 Å². The van der Waals surface area contributed by atoms with Crippen molar-refractivity contribution >= 4 is 29.4 Å². The standard InChI is InChI=1S/C25H31N3O5/c1-13-9-10-16-21(14(13)2)26-24(33)25(16)20-19(17(27-25)11-12-18(29)30)22(31)28(23(20)32)15-7-5-3-4-6-8-15/h9-10,15,17,19-20,27H,3-8,11-12H2,1-2H3,(H,26,33)(H,29,30)/t17-,19-,20-,25+/m1/s1. The van der Waals surface area contributed by atoms with Crippen LogP contribution in [0, 0.1) is 25.7 Å². The number of rotatable bonds is 4. The molecule has 5 rings (SSSR count). The monoisotopic (exact) mass is 453 g/mol. The molecule has 8 nitrogen and oxygen atoms in total. The average molecular weight is 454 g/mol. The summed E-state index contributed by atoms with van der Waals surface area (Å²) in [6.07, 6.45) is 5.78. The maximum atomic E-state index is 13.9. The lowest BCUT2D eigenvalue weighted by Gasteiger charge is -2.32. The van der Waals surface area contributed by atoms with Crippen molar-refractivity contribution in [3.8, 4) is 0 Å². The number of likely N-dealkylation sites (tertiary alicyclic amines) is 1. The van der Waals surface area contributed by atoms with Crippen LogP contribution in [-0.4, -0.2) is 45.8 Å². The average Bonchev–Trinajstić information content (AvgIpc) is 3.24. The molecule has 3 heterocycles. The molecule has 1 aromatic carbocycles. The van der Waals surface area contributed by atoms with Crippen molar-refractivity contribution in [2.75, 3.05) is 5.32 Å². The van der Waals surface area contributed by atoms with E-state index in [9.17, 15) is 24.3 Å². The summed E-state index contributed by atoms with van der Waals surface area (Å²) in [6, 6.07) is 3.10. The molecular weight excluding hydrogens is 422 g/mol. The molecule has 0 unspecified atom stereocenters. The number of nitrogens with one attached hydrogen (secondary N) is 2. The van der Waals surface area contributed by atoms with Gasteiger partial charge in [0.1, 0.15) is 5.54 Å². The van der Waals surface area contributed by atoms with Crippen LogP contribution in [0.3, 0.4) is 0 Å². The zero-order chi connectivity index (χ0) is 23.5. The molecule has 3 N–H and O–H groups in total. The number of carbonyl (C=O) groups is 4. The number of anilines is 1. The van der Waals surface area contributed by atoms with Gasteiger partial charge in [-0.25, -0.2) is 0 Å². The quantitative estimate of drug-likeness (QED) is 0.477. The van der Waals surface area contributed by atoms with Crippen LogP contribution in [0.5, 0.6) is 0 Å². The topological polar surface area (TPSA) is 116 Å². The minimum Gasteiger partial charge on any atom is -0.481 e. The fourth-order valence-electron chi connectivity index (χ4n) is 6.54. The van der Waals surface area contributed by atoms with Crippen molar-refractivity contribution in [2.24, 2.45) is 11.8 Å². The van der Waals surface area contributed by atoms with E-state index < -0.39 is 29.4 Å². The molecule has 3 aliphatic heterocycles. The summed E-state index contributed by atoms with van der Waals surface area (Å²) in [5.41, 5.74) is 1.98. The van der Waals surface area contributed by atoms with E-state index in [2.05, 4.69) is 10.6 Å². The second-order valence-electron chi connectivity index (χ2n) is 10.1. The molecule has 4 aliphatic rings. The van der Waals surface area contributed by atoms with E-state index in [1.807, 2.05) is 26.0 Å². The fraction of sp³-hybridized carbons (Fsp3) is 0.600. The smallest absolute Gasteiger partial charge is 0.303 e. The Balaban J connectivity index is 1.61. The first-order valence-electron chi connectivity index (χ1n) is 12.1. The molecule has 1 aromatic rings. The predicted molar refractivity (Wildman–Crippen MR) is 120 cm³/mol. The van der Waals surface area contributed by atoms with Crippen LogP contribution in [0.25, 0.3) is 0 Å². The molecule has 3 fully saturated rings. The zero-order valence-electron chi connectivity index (χ0n) is 19.1. The van der Waals surface area contributed by atoms with Gasteiger partial charge in [-0.05, 0) is 44.2 Å². The third kappa shape index (κ3) is 3.14. The van der Waals surface area contributed by atoms with E-state index in [0.717, 1.165) is 49.7 Å². The maximum Gasteiger partial charge on any atom is 0.303 e. The summed E-state index contributed by atoms with van der Waals surface area (Å²) in [7, 11) is 0. The number of imide groups is 1. The molecule has 1 saturated carbocycles. The number of hydrogen-bond acceptors (Lipinski definition) is 5. The Morgan fingerprint density at radius 2 is 1.79 bits per heavy atom. The van der Waals surface area contributed by atoms with Gasteiger partial charge in [0.15, 0.2) is 0 Å². The second-order valence-corrected chi connectivity index (χ2v) is 10.1. The van der Waals surface area contributed by atoms with Gasteiger partial charge in [0.05, 0.1) is 11.8 Å². The molecule has 176 valence electrons. The third-order valence-corrected chi connectivity index (χ3v) is 8.31. The zero-order valence-corrected chi connectivity index (χ0v) is 19.1. The summed E-state index contributed by atoms with van der Waals surface area (Å²) in [5.74, 6) is -3.43. The number of carbonyl (C=O) groups excluding carboxylic acids is 3. The highest BCUT2D eigenvalue weighted by molar-refractivity contribution is 6.15. The molecule has 2 saturated heterocycles. The largest absolute Gasteiger partial charge is 0.481 e. The maximum absolute atomic E-state index is 13.9. The SMILES string of the molecule is Cc1ccc2c(c1C)NC(=O)[C@]21N[C@H](CCC(=O)O)[C@H]2C(=O)N(C3CCCCCC3)C(=O)[C@@H]21. The minimum atomic E-state index is -1.35. The lowest BCUT2D eigenvalue weighted by Crippen LogP contribution is -2.54. The number of carboxylic acid groups (broad SMARTS) is 1. The highest BCUT2D eigenvalue weighted by Crippen LogP contribution is 2.55. The van der Waals surface area contributed by atoms with Crippen LogP contribution in [-0.2, 0) is 24.7 Å². The number of amides is 3. The van der Waals surface area contributed by atoms with Gasteiger partial charge in [0.2, 0.25) is 17.7 Å². The van der Waals surface area contributed by atoms with E-state index in [0.29, 0.717) is 11.3 Å². The van der Waals surface area contributed by atoms with Crippen LogP contribution in [0.4, 0.5) is 5.69 Å². The number of benzene rings is 1. The molecule has 4 atom stereocenters. The molecule has 8 heteroatoms. The van der Waals surface area contributed by atoms with Gasteiger partial charge >= 0.3 is 5.97 Å². The highest BCUT2D eigenvalue weighted by Gasteiger charge is 2.70. The van der Waals surface area contributed by atoms with E-state index in [1.54, 1.807) is 0 Å². The Bertz CT molecular complexity index is 1040. The summed E-state index contributed by atoms with van der Waals surface area (Å²) in [4.78, 5) is 54.0. The molecule has 1 spiro atoms. The van der Waals surface area contributed by atoms with Crippen LogP contribution in [0.15, 0.2) is 12.1 Å². The fourth-order valence-corrected chi connectivity index (χ4v) is 6.54. The lowest BCUT2D eigenvalue weighted by molar-refractivity contribution is -0.146. The van der Waals surface area contributed by atoms with Crippen molar-refractivity contribution in [1.82, 2.24) is 10.2 Å². The van der Waals surface area contributed by atoms with Crippen molar-refractivity contribution in [3.63, 3.8) is 0 Å². The van der Waals surface area contributed by atoms with Crippen LogP contribution in [0.2, 0.25) is 0 Å². The molecule has 0 aromatic heterocycles. The first-order valence-corrected chi connectivity index (χ1v) is 12.1. The second kappa shape index (κ2) is 7.94. The molecule has 1 aliphatic carbocycles. The highest BCUT2D eigenvalue weighted by atomic mass is 16.4. The van der Waals surface area contributed by atoms with Crippen molar-refractivity contribution in [1.29, 1.82) is 0 Å². The first kappa shape index (κ1) is 22.1. The number of nitrogens with zero attached hydrogens (tertiary/aromatic N) is 1. The molecule has 0 bridgehead atoms. The Labute approximate surface area is 193 Å². The van der Waals surface area contributed by atoms with E-state index >= 15 is 0 Å². The van der Waals surface area contributed by atoms with E-state index in [1.165, 1.54) is 4.90 Å². The summed E-state index contributed by atoms with van der Waals surface area (Å²) in [5, 5.41) is 15.6. The van der Waals surface area contributed by atoms with Crippen LogP contribution in [0.1, 0.15) is 68.1 Å². The summed E-state index contributed by atoms with van der Waals surface area (Å²) >= 11 is 0. The van der Waals surface area contributed by atoms with E-state index in [4.69, 9.17) is 0 Å². The lowest BCUT2D eigenvalue weighted by atomic mass is 9.76. The van der Waals surface area contributed by atoms with Gasteiger partial charge in [-0.2, -0.15) is 0 Å². The van der Waals surface area contributed by atoms with Crippen LogP contribution >= 0.6 is 0 Å². The Hall–Kier alpha value is -2.74. The number of hydrogen-bond donors (Lipinski definition) is 3. The van der Waals surface area contributed by atoms with Gasteiger partial charge in [-0.1, -0.05) is 37.8 Å². The summed E-state index contributed by atoms with van der Waals surface area (Å²) in [6.45, 7) is 3.90. The van der Waals surface area contributed by atoms with Crippen LogP contribution < -0.4 is 10.6 Å². The molecule has 0 radical (unpaired) electrons. The minimum absolute atomic E-state index is 0.136. The third-order valence-electron chi connectivity index (χ3n) is 8.31. The number of aryl methyl sites for hydroxylation is 1. The van der Waals surface area contributed by atoms with Gasteiger partial charge in [-0.3, -0.25) is 29.4 Å². The normalized spacial score (nSPS) is 31.6. The predicted octanol–water partition coefficient (Wildman–Crippen LogP) is 2.61. The Kier molecular flexibility index (Phi) is 5.31. The number of fused-ring (bicyclic) bond motifs is 4. The Morgan fingerprint density at radius 3 is 2.45 bits per heavy atom. The van der Waals surface area contributed by atoms with Gasteiger partial charge in [0, 0.05) is 29.8 Å². The van der Waals surface area contributed by atoms with Crippen molar-refractivity contribution in [2.45, 2.75) is 82.8 Å². The Morgan fingerprint density at radius 1 is 1.09 bits per heavy atom. The molecule has 3 amide bonds. The molecular formula is C25H31N3O5. The molecule has 33 heavy (non-hydrogen) atoms. The van der Waals surface area contributed by atoms with Gasteiger partial charge < -0.3 is 10.4 Å². The number of carboxylic acids is 1. The van der Waals surface area contributed by atoms with E-state index in [-0.39, 0.29) is 36.6 Å². The van der Waals surface area contributed by atoms with Gasteiger partial charge in [0.25, 0.3) is 0 Å².